The van der Waals surface area contributed by atoms with Crippen LogP contribution in [0.25, 0.3) is 0 Å². The highest BCUT2D eigenvalue weighted by Crippen LogP contribution is 2.34. The lowest BCUT2D eigenvalue weighted by atomic mass is 9.94. The molecule has 0 saturated carbocycles. The minimum atomic E-state index is 0.0654. The van der Waals surface area contributed by atoms with E-state index in [1.165, 1.54) is 5.57 Å². The highest BCUT2D eigenvalue weighted by molar-refractivity contribution is 6.33. The number of carbonyl (C=O) groups excluding carboxylic acids is 1. The Bertz CT molecular complexity index is 314. The van der Waals surface area contributed by atoms with E-state index in [4.69, 9.17) is 11.6 Å². The molecular formula is C9H10ClNO. The van der Waals surface area contributed by atoms with E-state index in [1.807, 2.05) is 6.92 Å². The first-order chi connectivity index (χ1) is 5.70. The molecule has 1 aliphatic carbocycles. The van der Waals surface area contributed by atoms with Gasteiger partial charge >= 0.3 is 0 Å². The van der Waals surface area contributed by atoms with Crippen molar-refractivity contribution in [3.63, 3.8) is 0 Å². The summed E-state index contributed by atoms with van der Waals surface area (Å²) < 4.78 is 0. The summed E-state index contributed by atoms with van der Waals surface area (Å²) in [6, 6.07) is 0. The van der Waals surface area contributed by atoms with E-state index in [1.54, 1.807) is 0 Å². The maximum atomic E-state index is 11.2. The number of amides is 1. The number of hydrogen-bond acceptors (Lipinski definition) is 1. The lowest BCUT2D eigenvalue weighted by Gasteiger charge is -2.13. The van der Waals surface area contributed by atoms with Crippen LogP contribution in [0.2, 0.25) is 0 Å². The third-order valence-electron chi connectivity index (χ3n) is 2.45. The van der Waals surface area contributed by atoms with Crippen molar-refractivity contribution in [2.24, 2.45) is 0 Å². The molecule has 0 bridgehead atoms. The molecule has 0 saturated heterocycles. The predicted octanol–water partition coefficient (Wildman–Crippen LogP) is 1.72. The van der Waals surface area contributed by atoms with E-state index in [0.717, 1.165) is 29.0 Å². The molecule has 2 aliphatic rings. The van der Waals surface area contributed by atoms with Crippen molar-refractivity contribution >= 4 is 17.5 Å². The van der Waals surface area contributed by atoms with Gasteiger partial charge in [0, 0.05) is 17.2 Å². The van der Waals surface area contributed by atoms with Crippen molar-refractivity contribution in [3.05, 3.63) is 21.8 Å². The maximum Gasteiger partial charge on any atom is 0.247 e. The second-order valence-corrected chi connectivity index (χ2v) is 3.61. The van der Waals surface area contributed by atoms with Crippen LogP contribution >= 0.6 is 11.6 Å². The highest BCUT2D eigenvalue weighted by Gasteiger charge is 2.27. The number of allylic oxidation sites excluding steroid dienone is 1. The van der Waals surface area contributed by atoms with E-state index >= 15 is 0 Å². The minimum absolute atomic E-state index is 0.0654. The van der Waals surface area contributed by atoms with Crippen LogP contribution in [0.1, 0.15) is 19.8 Å². The van der Waals surface area contributed by atoms with Gasteiger partial charge in [0.25, 0.3) is 0 Å². The predicted molar refractivity (Wildman–Crippen MR) is 47.8 cm³/mol. The van der Waals surface area contributed by atoms with Gasteiger partial charge in [0.15, 0.2) is 0 Å². The monoisotopic (exact) mass is 183 g/mol. The summed E-state index contributed by atoms with van der Waals surface area (Å²) in [7, 11) is 0. The fourth-order valence-electron chi connectivity index (χ4n) is 1.67. The first-order valence-corrected chi connectivity index (χ1v) is 4.44. The van der Waals surface area contributed by atoms with Crippen LogP contribution in [-0.2, 0) is 4.79 Å². The van der Waals surface area contributed by atoms with Crippen molar-refractivity contribution in [2.45, 2.75) is 19.8 Å². The van der Waals surface area contributed by atoms with Crippen LogP contribution < -0.4 is 5.32 Å². The largest absolute Gasteiger partial charge is 0.348 e. The van der Waals surface area contributed by atoms with Gasteiger partial charge in [0.1, 0.15) is 0 Å². The Balaban J connectivity index is 2.46. The first-order valence-electron chi connectivity index (χ1n) is 4.06. The average Bonchev–Trinajstić information content (AvgIpc) is 2.41. The Labute approximate surface area is 76.3 Å². The Morgan fingerprint density at radius 2 is 2.08 bits per heavy atom. The molecule has 0 unspecified atom stereocenters. The van der Waals surface area contributed by atoms with Gasteiger partial charge in [-0.2, -0.15) is 0 Å². The fraction of sp³-hybridized carbons (Fsp3) is 0.444. The Morgan fingerprint density at radius 1 is 1.33 bits per heavy atom. The van der Waals surface area contributed by atoms with Crippen LogP contribution in [0, 0.1) is 0 Å². The molecule has 0 aromatic carbocycles. The summed E-state index contributed by atoms with van der Waals surface area (Å²) in [6.45, 7) is 2.64. The van der Waals surface area contributed by atoms with Crippen LogP contribution in [0.5, 0.6) is 0 Å². The third-order valence-corrected chi connectivity index (χ3v) is 3.00. The van der Waals surface area contributed by atoms with Gasteiger partial charge in [-0.25, -0.2) is 0 Å². The zero-order valence-corrected chi connectivity index (χ0v) is 7.66. The molecule has 1 N–H and O–H groups in total. The molecule has 3 heteroatoms. The normalized spacial score (nSPS) is 23.0. The minimum Gasteiger partial charge on any atom is -0.348 e. The van der Waals surface area contributed by atoms with Crippen LogP contribution in [0.15, 0.2) is 21.8 Å². The molecule has 0 aromatic heterocycles. The van der Waals surface area contributed by atoms with E-state index < -0.39 is 0 Å². The van der Waals surface area contributed by atoms with Crippen molar-refractivity contribution < 1.29 is 4.79 Å². The molecule has 1 amide bonds. The van der Waals surface area contributed by atoms with E-state index in [9.17, 15) is 4.79 Å². The zero-order chi connectivity index (χ0) is 8.72. The van der Waals surface area contributed by atoms with Gasteiger partial charge < -0.3 is 5.32 Å². The van der Waals surface area contributed by atoms with Gasteiger partial charge in [-0.05, 0) is 25.3 Å². The van der Waals surface area contributed by atoms with Gasteiger partial charge in [0.2, 0.25) is 5.91 Å². The smallest absolute Gasteiger partial charge is 0.247 e. The van der Waals surface area contributed by atoms with Crippen molar-refractivity contribution in [1.29, 1.82) is 0 Å². The Kier molecular flexibility index (Phi) is 1.72. The van der Waals surface area contributed by atoms with Gasteiger partial charge in [-0.3, -0.25) is 4.79 Å². The van der Waals surface area contributed by atoms with Crippen molar-refractivity contribution in [1.82, 2.24) is 5.32 Å². The molecule has 2 nitrogen and oxygen atoms in total. The second-order valence-electron chi connectivity index (χ2n) is 3.23. The van der Waals surface area contributed by atoms with Gasteiger partial charge in [-0.15, -0.1) is 0 Å². The van der Waals surface area contributed by atoms with E-state index in [0.29, 0.717) is 6.54 Å². The topological polar surface area (TPSA) is 29.1 Å². The first kappa shape index (κ1) is 7.87. The number of halogens is 1. The quantitative estimate of drug-likeness (QED) is 0.609. The standard InChI is InChI=1S/C9H10ClNO/c1-5-2-3-6-7(8(5)10)4-11-9(6)12/h2-4H2,1H3,(H,11,12). The van der Waals surface area contributed by atoms with Crippen molar-refractivity contribution in [2.75, 3.05) is 6.54 Å². The van der Waals surface area contributed by atoms with Crippen molar-refractivity contribution in [3.8, 4) is 0 Å². The number of nitrogens with one attached hydrogen (secondary N) is 1. The molecule has 64 valence electrons. The average molecular weight is 184 g/mol. The van der Waals surface area contributed by atoms with Crippen LogP contribution in [0.4, 0.5) is 0 Å². The number of hydrogen-bond donors (Lipinski definition) is 1. The maximum absolute atomic E-state index is 11.2. The summed E-state index contributed by atoms with van der Waals surface area (Å²) in [5, 5.41) is 3.58. The van der Waals surface area contributed by atoms with Crippen LogP contribution in [0.3, 0.4) is 0 Å². The fourth-order valence-corrected chi connectivity index (χ4v) is 1.95. The number of rotatable bonds is 0. The highest BCUT2D eigenvalue weighted by atomic mass is 35.5. The summed E-state index contributed by atoms with van der Waals surface area (Å²) in [5.41, 5.74) is 3.11. The second kappa shape index (κ2) is 2.63. The molecule has 0 fully saturated rings. The molecule has 1 aliphatic heterocycles. The van der Waals surface area contributed by atoms with E-state index in [2.05, 4.69) is 5.32 Å². The van der Waals surface area contributed by atoms with Gasteiger partial charge in [-0.1, -0.05) is 17.2 Å². The zero-order valence-electron chi connectivity index (χ0n) is 6.91. The van der Waals surface area contributed by atoms with Gasteiger partial charge in [0.05, 0.1) is 0 Å². The molecule has 1 heterocycles. The molecular weight excluding hydrogens is 174 g/mol. The van der Waals surface area contributed by atoms with E-state index in [-0.39, 0.29) is 5.91 Å². The van der Waals surface area contributed by atoms with Crippen LogP contribution in [-0.4, -0.2) is 12.5 Å². The third kappa shape index (κ3) is 0.985. The summed E-state index contributed by atoms with van der Waals surface area (Å²) in [4.78, 5) is 11.2. The lowest BCUT2D eigenvalue weighted by Crippen LogP contribution is -2.17. The SMILES string of the molecule is CC1=C(Cl)C2=C(CC1)C(=O)NC2. The summed E-state index contributed by atoms with van der Waals surface area (Å²) in [6.07, 6.45) is 1.77. The number of carbonyl (C=O) groups is 1. The molecule has 0 aromatic rings. The molecule has 0 spiro atoms. The Morgan fingerprint density at radius 3 is 2.83 bits per heavy atom. The molecule has 0 atom stereocenters. The summed E-state index contributed by atoms with van der Waals surface area (Å²) in [5.74, 6) is 0.0654. The lowest BCUT2D eigenvalue weighted by molar-refractivity contribution is -0.116. The Hall–Kier alpha value is -0.760. The molecule has 2 rings (SSSR count). The molecule has 0 radical (unpaired) electrons. The molecule has 12 heavy (non-hydrogen) atoms. The summed E-state index contributed by atoms with van der Waals surface area (Å²) >= 11 is 6.06.